The van der Waals surface area contributed by atoms with Crippen LogP contribution in [-0.2, 0) is 4.79 Å². The van der Waals surface area contributed by atoms with Gasteiger partial charge in [0.05, 0.1) is 24.2 Å². The Labute approximate surface area is 181 Å². The first-order chi connectivity index (χ1) is 14.6. The first-order valence-corrected chi connectivity index (χ1v) is 10.9. The molecule has 0 aliphatic carbocycles. The number of methoxy groups -OCH3 is 1. The number of aryl methyl sites for hydroxylation is 1. The monoisotopic (exact) mass is 438 g/mol. The van der Waals surface area contributed by atoms with E-state index in [2.05, 4.69) is 25.5 Å². The van der Waals surface area contributed by atoms with Gasteiger partial charge in [-0.05, 0) is 31.2 Å². The van der Waals surface area contributed by atoms with E-state index in [1.54, 1.807) is 19.5 Å². The molecule has 4 rings (SSSR count). The molecule has 0 fully saturated rings. The summed E-state index contributed by atoms with van der Waals surface area (Å²) in [4.78, 5) is 20.8. The van der Waals surface area contributed by atoms with E-state index in [1.165, 1.54) is 23.1 Å². The van der Waals surface area contributed by atoms with E-state index in [9.17, 15) is 4.79 Å². The summed E-state index contributed by atoms with van der Waals surface area (Å²) in [6.45, 7) is 1.89. The van der Waals surface area contributed by atoms with Crippen molar-refractivity contribution < 1.29 is 9.53 Å². The predicted molar refractivity (Wildman–Crippen MR) is 117 cm³/mol. The summed E-state index contributed by atoms with van der Waals surface area (Å²) in [5.74, 6) is 1.37. The second kappa shape index (κ2) is 9.06. The van der Waals surface area contributed by atoms with Crippen molar-refractivity contribution in [2.24, 2.45) is 0 Å². The SMILES string of the molecule is COc1cccc(-n2c(SCC(=O)Nc3nc(C)cs3)nnc2-c2cccnc2)c1. The van der Waals surface area contributed by atoms with Crippen LogP contribution in [0.2, 0.25) is 0 Å². The van der Waals surface area contributed by atoms with Gasteiger partial charge in [-0.1, -0.05) is 17.8 Å². The van der Waals surface area contributed by atoms with Crippen molar-refractivity contribution in [2.45, 2.75) is 12.1 Å². The van der Waals surface area contributed by atoms with Gasteiger partial charge in [-0.15, -0.1) is 21.5 Å². The van der Waals surface area contributed by atoms with Gasteiger partial charge in [0, 0.05) is 29.4 Å². The summed E-state index contributed by atoms with van der Waals surface area (Å²) in [7, 11) is 1.62. The van der Waals surface area contributed by atoms with Crippen molar-refractivity contribution in [2.75, 3.05) is 18.2 Å². The summed E-state index contributed by atoms with van der Waals surface area (Å²) in [6.07, 6.45) is 3.43. The summed E-state index contributed by atoms with van der Waals surface area (Å²) >= 11 is 2.70. The number of nitrogens with one attached hydrogen (secondary N) is 1. The Balaban J connectivity index is 1.62. The van der Waals surface area contributed by atoms with E-state index in [0.29, 0.717) is 21.9 Å². The minimum absolute atomic E-state index is 0.155. The molecule has 1 N–H and O–H groups in total. The quantitative estimate of drug-likeness (QED) is 0.438. The van der Waals surface area contributed by atoms with Crippen LogP contribution in [0, 0.1) is 6.92 Å². The second-order valence-electron chi connectivity index (χ2n) is 6.22. The molecule has 10 heteroatoms. The Morgan fingerprint density at radius 3 is 2.90 bits per heavy atom. The predicted octanol–water partition coefficient (Wildman–Crippen LogP) is 3.83. The maximum atomic E-state index is 12.4. The van der Waals surface area contributed by atoms with Crippen LogP contribution in [-0.4, -0.2) is 43.5 Å². The lowest BCUT2D eigenvalue weighted by molar-refractivity contribution is -0.113. The van der Waals surface area contributed by atoms with Crippen LogP contribution in [0.25, 0.3) is 17.1 Å². The largest absolute Gasteiger partial charge is 0.497 e. The third kappa shape index (κ3) is 4.50. The maximum absolute atomic E-state index is 12.4. The zero-order chi connectivity index (χ0) is 20.9. The fourth-order valence-corrected chi connectivity index (χ4v) is 4.18. The van der Waals surface area contributed by atoms with E-state index in [-0.39, 0.29) is 11.7 Å². The minimum atomic E-state index is -0.155. The number of hydrogen-bond acceptors (Lipinski definition) is 8. The molecule has 0 unspecified atom stereocenters. The Bertz CT molecular complexity index is 1160. The summed E-state index contributed by atoms with van der Waals surface area (Å²) in [5, 5.41) is 14.6. The molecule has 4 aromatic rings. The number of carbonyl (C=O) groups excluding carboxylic acids is 1. The fraction of sp³-hybridized carbons (Fsp3) is 0.150. The van der Waals surface area contributed by atoms with Crippen LogP contribution >= 0.6 is 23.1 Å². The van der Waals surface area contributed by atoms with Crippen LogP contribution in [0.15, 0.2) is 59.3 Å². The highest BCUT2D eigenvalue weighted by Crippen LogP contribution is 2.29. The fourth-order valence-electron chi connectivity index (χ4n) is 2.72. The number of aromatic nitrogens is 5. The van der Waals surface area contributed by atoms with Crippen LogP contribution < -0.4 is 10.1 Å². The van der Waals surface area contributed by atoms with Crippen LogP contribution in [0.5, 0.6) is 5.75 Å². The second-order valence-corrected chi connectivity index (χ2v) is 8.02. The van der Waals surface area contributed by atoms with Crippen molar-refractivity contribution in [3.63, 3.8) is 0 Å². The van der Waals surface area contributed by atoms with Crippen molar-refractivity contribution in [1.82, 2.24) is 24.7 Å². The number of anilines is 1. The van der Waals surface area contributed by atoms with E-state index in [1.807, 2.05) is 53.3 Å². The van der Waals surface area contributed by atoms with Gasteiger partial charge in [0.25, 0.3) is 0 Å². The molecule has 0 aliphatic heterocycles. The lowest BCUT2D eigenvalue weighted by Gasteiger charge is -2.11. The molecule has 0 bridgehead atoms. The molecule has 0 atom stereocenters. The van der Waals surface area contributed by atoms with E-state index < -0.39 is 0 Å². The number of ether oxygens (including phenoxy) is 1. The molecule has 1 amide bonds. The van der Waals surface area contributed by atoms with E-state index in [4.69, 9.17) is 4.74 Å². The Morgan fingerprint density at radius 2 is 2.17 bits per heavy atom. The third-order valence-corrected chi connectivity index (χ3v) is 5.87. The van der Waals surface area contributed by atoms with Gasteiger partial charge in [-0.3, -0.25) is 14.3 Å². The topological polar surface area (TPSA) is 94.8 Å². The molecular formula is C20H18N6O2S2. The molecule has 3 heterocycles. The number of benzene rings is 1. The van der Waals surface area contributed by atoms with Gasteiger partial charge in [-0.25, -0.2) is 4.98 Å². The number of thiazole rings is 1. The van der Waals surface area contributed by atoms with Gasteiger partial charge in [-0.2, -0.15) is 0 Å². The van der Waals surface area contributed by atoms with Gasteiger partial charge >= 0.3 is 0 Å². The maximum Gasteiger partial charge on any atom is 0.236 e. The zero-order valence-electron chi connectivity index (χ0n) is 16.3. The van der Waals surface area contributed by atoms with Crippen molar-refractivity contribution in [1.29, 1.82) is 0 Å². The lowest BCUT2D eigenvalue weighted by atomic mass is 10.2. The first-order valence-electron chi connectivity index (χ1n) is 8.99. The van der Waals surface area contributed by atoms with Crippen molar-refractivity contribution >= 4 is 34.1 Å². The van der Waals surface area contributed by atoms with Crippen LogP contribution in [0.4, 0.5) is 5.13 Å². The van der Waals surface area contributed by atoms with E-state index in [0.717, 1.165) is 16.9 Å². The van der Waals surface area contributed by atoms with E-state index >= 15 is 0 Å². The molecule has 152 valence electrons. The Hall–Kier alpha value is -3.24. The summed E-state index contributed by atoms with van der Waals surface area (Å²) in [5.41, 5.74) is 2.53. The van der Waals surface area contributed by atoms with Gasteiger partial charge < -0.3 is 10.1 Å². The van der Waals surface area contributed by atoms with Crippen molar-refractivity contribution in [3.05, 3.63) is 59.9 Å². The van der Waals surface area contributed by atoms with Crippen LogP contribution in [0.1, 0.15) is 5.69 Å². The number of rotatable bonds is 7. The summed E-state index contributed by atoms with van der Waals surface area (Å²) in [6, 6.07) is 11.4. The number of amides is 1. The molecular weight excluding hydrogens is 420 g/mol. The molecule has 3 aromatic heterocycles. The number of pyridine rings is 1. The number of hydrogen-bond donors (Lipinski definition) is 1. The zero-order valence-corrected chi connectivity index (χ0v) is 17.9. The average molecular weight is 439 g/mol. The Kier molecular flexibility index (Phi) is 6.05. The number of carbonyl (C=O) groups is 1. The highest BCUT2D eigenvalue weighted by atomic mass is 32.2. The standard InChI is InChI=1S/C20H18N6O2S2/c1-13-11-29-19(22-13)23-17(27)12-30-20-25-24-18(14-5-4-8-21-10-14)26(20)15-6-3-7-16(9-15)28-2/h3-11H,12H2,1-2H3,(H,22,23,27). The summed E-state index contributed by atoms with van der Waals surface area (Å²) < 4.78 is 7.26. The number of nitrogens with zero attached hydrogens (tertiary/aromatic N) is 5. The highest BCUT2D eigenvalue weighted by Gasteiger charge is 2.18. The average Bonchev–Trinajstić information content (AvgIpc) is 3.39. The number of thioether (sulfide) groups is 1. The smallest absolute Gasteiger partial charge is 0.236 e. The van der Waals surface area contributed by atoms with Gasteiger partial charge in [0.2, 0.25) is 5.91 Å². The minimum Gasteiger partial charge on any atom is -0.497 e. The molecule has 0 radical (unpaired) electrons. The molecule has 30 heavy (non-hydrogen) atoms. The molecule has 0 spiro atoms. The molecule has 0 saturated heterocycles. The molecule has 0 aliphatic rings. The van der Waals surface area contributed by atoms with Gasteiger partial charge in [0.1, 0.15) is 5.75 Å². The molecule has 8 nitrogen and oxygen atoms in total. The first kappa shape index (κ1) is 20.0. The lowest BCUT2D eigenvalue weighted by Crippen LogP contribution is -2.14. The Morgan fingerprint density at radius 1 is 1.27 bits per heavy atom. The molecule has 1 aromatic carbocycles. The van der Waals surface area contributed by atoms with Crippen molar-refractivity contribution in [3.8, 4) is 22.8 Å². The van der Waals surface area contributed by atoms with Gasteiger partial charge in [0.15, 0.2) is 16.1 Å². The third-order valence-electron chi connectivity index (χ3n) is 4.06. The normalized spacial score (nSPS) is 10.7. The highest BCUT2D eigenvalue weighted by molar-refractivity contribution is 7.99. The van der Waals surface area contributed by atoms with Crippen LogP contribution in [0.3, 0.4) is 0 Å². The molecule has 0 saturated carbocycles.